The second-order valence-corrected chi connectivity index (χ2v) is 3.24. The monoisotopic (exact) mass is 191 g/mol. The van der Waals surface area contributed by atoms with Crippen molar-refractivity contribution in [1.82, 2.24) is 4.98 Å². The summed E-state index contributed by atoms with van der Waals surface area (Å²) in [4.78, 5) is 4.25. The van der Waals surface area contributed by atoms with Crippen LogP contribution in [0.4, 0.5) is 0 Å². The molecular formula is C11H13NS. The van der Waals surface area contributed by atoms with Crippen LogP contribution in [0.5, 0.6) is 0 Å². The molecule has 1 aromatic heterocycles. The highest BCUT2D eigenvalue weighted by Gasteiger charge is 1.96. The zero-order valence-electron chi connectivity index (χ0n) is 7.90. The van der Waals surface area contributed by atoms with Crippen LogP contribution in [0.15, 0.2) is 41.3 Å². The molecule has 0 aliphatic heterocycles. The molecule has 0 aliphatic rings. The van der Waals surface area contributed by atoms with Crippen LogP contribution in [-0.2, 0) is 0 Å². The van der Waals surface area contributed by atoms with Gasteiger partial charge in [0.1, 0.15) is 0 Å². The smallest absolute Gasteiger partial charge is 0.0811 e. The van der Waals surface area contributed by atoms with Crippen LogP contribution in [0.3, 0.4) is 0 Å². The highest BCUT2D eigenvalue weighted by molar-refractivity contribution is 7.07. The Kier molecular flexibility index (Phi) is 4.19. The SMILES string of the molecule is C\C=C/C=C(\C=C/C)c1cscn1. The summed E-state index contributed by atoms with van der Waals surface area (Å²) >= 11 is 1.62. The predicted octanol–water partition coefficient (Wildman–Crippen LogP) is 3.68. The van der Waals surface area contributed by atoms with Gasteiger partial charge in [-0.15, -0.1) is 11.3 Å². The summed E-state index contributed by atoms with van der Waals surface area (Å²) < 4.78 is 0. The molecule has 1 heterocycles. The second-order valence-electron chi connectivity index (χ2n) is 2.52. The van der Waals surface area contributed by atoms with Crippen molar-refractivity contribution >= 4 is 16.9 Å². The molecule has 0 N–H and O–H groups in total. The molecule has 0 saturated heterocycles. The molecule has 1 rings (SSSR count). The van der Waals surface area contributed by atoms with E-state index >= 15 is 0 Å². The van der Waals surface area contributed by atoms with Crippen LogP contribution in [0, 0.1) is 0 Å². The Morgan fingerprint density at radius 2 is 2.23 bits per heavy atom. The van der Waals surface area contributed by atoms with Crippen molar-refractivity contribution in [2.45, 2.75) is 13.8 Å². The zero-order valence-corrected chi connectivity index (χ0v) is 8.71. The molecule has 0 saturated carbocycles. The van der Waals surface area contributed by atoms with Gasteiger partial charge >= 0.3 is 0 Å². The number of rotatable bonds is 3. The summed E-state index contributed by atoms with van der Waals surface area (Å²) in [6.45, 7) is 4.01. The Morgan fingerprint density at radius 3 is 2.77 bits per heavy atom. The summed E-state index contributed by atoms with van der Waals surface area (Å²) in [5, 5.41) is 2.05. The van der Waals surface area contributed by atoms with Crippen molar-refractivity contribution < 1.29 is 0 Å². The molecule has 1 nitrogen and oxygen atoms in total. The number of allylic oxidation sites excluding steroid dienone is 6. The maximum Gasteiger partial charge on any atom is 0.0811 e. The minimum Gasteiger partial charge on any atom is -0.245 e. The largest absolute Gasteiger partial charge is 0.245 e. The van der Waals surface area contributed by atoms with Crippen LogP contribution in [0.25, 0.3) is 5.57 Å². The number of hydrogen-bond acceptors (Lipinski definition) is 2. The van der Waals surface area contributed by atoms with Crippen LogP contribution < -0.4 is 0 Å². The number of hydrogen-bond donors (Lipinski definition) is 0. The van der Waals surface area contributed by atoms with Gasteiger partial charge in [0.2, 0.25) is 0 Å². The van der Waals surface area contributed by atoms with E-state index in [2.05, 4.69) is 22.5 Å². The molecule has 0 aliphatic carbocycles. The van der Waals surface area contributed by atoms with Gasteiger partial charge < -0.3 is 0 Å². The molecule has 0 radical (unpaired) electrons. The summed E-state index contributed by atoms with van der Waals surface area (Å²) in [6.07, 6.45) is 10.2. The van der Waals surface area contributed by atoms with Gasteiger partial charge in [0, 0.05) is 11.0 Å². The molecule has 2 heteroatoms. The minimum atomic E-state index is 1.04. The van der Waals surface area contributed by atoms with Gasteiger partial charge in [-0.25, -0.2) is 4.98 Å². The first-order valence-corrected chi connectivity index (χ1v) is 5.17. The van der Waals surface area contributed by atoms with Gasteiger partial charge in [-0.3, -0.25) is 0 Å². The standard InChI is InChI=1S/C11H13NS/c1-3-5-7-10(6-4-2)11-8-13-9-12-11/h3-9H,1-2H3/b5-3-,6-4-,10-7+. The molecule has 0 amide bonds. The van der Waals surface area contributed by atoms with Gasteiger partial charge in [-0.05, 0) is 13.8 Å². The fourth-order valence-electron chi connectivity index (χ4n) is 0.961. The van der Waals surface area contributed by atoms with Crippen LogP contribution in [-0.4, -0.2) is 4.98 Å². The highest BCUT2D eigenvalue weighted by Crippen LogP contribution is 2.15. The van der Waals surface area contributed by atoms with E-state index in [1.807, 2.05) is 37.6 Å². The molecule has 13 heavy (non-hydrogen) atoms. The minimum absolute atomic E-state index is 1.04. The molecule has 0 unspecified atom stereocenters. The first-order valence-electron chi connectivity index (χ1n) is 4.22. The Hall–Kier alpha value is -1.15. The molecular weight excluding hydrogens is 178 g/mol. The third-order valence-electron chi connectivity index (χ3n) is 1.54. The Labute approximate surface area is 83.1 Å². The second kappa shape index (κ2) is 5.49. The zero-order chi connectivity index (χ0) is 9.52. The summed E-state index contributed by atoms with van der Waals surface area (Å²) in [7, 11) is 0. The first kappa shape index (κ1) is 9.93. The Morgan fingerprint density at radius 1 is 1.38 bits per heavy atom. The molecule has 0 fully saturated rings. The van der Waals surface area contributed by atoms with E-state index in [-0.39, 0.29) is 0 Å². The summed E-state index contributed by atoms with van der Waals surface area (Å²) in [5.74, 6) is 0. The van der Waals surface area contributed by atoms with Crippen LogP contribution in [0.1, 0.15) is 19.5 Å². The summed E-state index contributed by atoms with van der Waals surface area (Å²) in [6, 6.07) is 0. The van der Waals surface area contributed by atoms with Crippen molar-refractivity contribution in [3.63, 3.8) is 0 Å². The van der Waals surface area contributed by atoms with E-state index in [9.17, 15) is 0 Å². The third kappa shape index (κ3) is 2.99. The van der Waals surface area contributed by atoms with Gasteiger partial charge in [-0.2, -0.15) is 0 Å². The number of aromatic nitrogens is 1. The fraction of sp³-hybridized carbons (Fsp3) is 0.182. The van der Waals surface area contributed by atoms with Crippen LogP contribution >= 0.6 is 11.3 Å². The van der Waals surface area contributed by atoms with Gasteiger partial charge in [0.25, 0.3) is 0 Å². The van der Waals surface area contributed by atoms with E-state index in [4.69, 9.17) is 0 Å². The average Bonchev–Trinajstić information content (AvgIpc) is 2.65. The van der Waals surface area contributed by atoms with Crippen molar-refractivity contribution in [2.75, 3.05) is 0 Å². The van der Waals surface area contributed by atoms with Crippen molar-refractivity contribution in [3.05, 3.63) is 47.0 Å². The molecule has 0 atom stereocenters. The number of thiazole rings is 1. The van der Waals surface area contributed by atoms with E-state index in [0.29, 0.717) is 0 Å². The quantitative estimate of drug-likeness (QED) is 0.664. The predicted molar refractivity (Wildman–Crippen MR) is 59.7 cm³/mol. The lowest BCUT2D eigenvalue weighted by Crippen LogP contribution is -1.78. The molecule has 0 bridgehead atoms. The lowest BCUT2D eigenvalue weighted by Gasteiger charge is -1.93. The van der Waals surface area contributed by atoms with E-state index in [1.165, 1.54) is 0 Å². The fourth-order valence-corrected chi connectivity index (χ4v) is 1.52. The van der Waals surface area contributed by atoms with Crippen LogP contribution in [0.2, 0.25) is 0 Å². The molecule has 0 spiro atoms. The summed E-state index contributed by atoms with van der Waals surface area (Å²) in [5.41, 5.74) is 4.05. The average molecular weight is 191 g/mol. The normalized spacial score (nSPS) is 13.2. The third-order valence-corrected chi connectivity index (χ3v) is 2.13. The Balaban J connectivity index is 2.93. The maximum atomic E-state index is 4.25. The number of nitrogens with zero attached hydrogens (tertiary/aromatic N) is 1. The lowest BCUT2D eigenvalue weighted by atomic mass is 10.2. The topological polar surface area (TPSA) is 12.9 Å². The van der Waals surface area contributed by atoms with Crippen molar-refractivity contribution in [3.8, 4) is 0 Å². The van der Waals surface area contributed by atoms with Crippen molar-refractivity contribution in [1.29, 1.82) is 0 Å². The van der Waals surface area contributed by atoms with E-state index in [0.717, 1.165) is 11.3 Å². The van der Waals surface area contributed by atoms with Gasteiger partial charge in [0.05, 0.1) is 11.2 Å². The van der Waals surface area contributed by atoms with E-state index in [1.54, 1.807) is 11.3 Å². The lowest BCUT2D eigenvalue weighted by molar-refractivity contribution is 1.36. The van der Waals surface area contributed by atoms with Gasteiger partial charge in [-0.1, -0.05) is 30.4 Å². The maximum absolute atomic E-state index is 4.25. The highest BCUT2D eigenvalue weighted by atomic mass is 32.1. The van der Waals surface area contributed by atoms with Crippen molar-refractivity contribution in [2.24, 2.45) is 0 Å². The van der Waals surface area contributed by atoms with E-state index < -0.39 is 0 Å². The molecule has 68 valence electrons. The first-order chi connectivity index (χ1) is 6.38. The molecule has 0 aromatic carbocycles. The Bertz CT molecular complexity index is 318. The molecule has 1 aromatic rings. The van der Waals surface area contributed by atoms with Gasteiger partial charge in [0.15, 0.2) is 0 Å².